The van der Waals surface area contributed by atoms with Crippen LogP contribution < -0.4 is 18.9 Å². The van der Waals surface area contributed by atoms with Gasteiger partial charge in [-0.2, -0.15) is 29.2 Å². The van der Waals surface area contributed by atoms with Gasteiger partial charge in [-0.1, -0.05) is 120 Å². The van der Waals surface area contributed by atoms with E-state index < -0.39 is 62.8 Å². The molecule has 1 N–H and O–H groups in total. The third-order valence-electron chi connectivity index (χ3n) is 18.3. The lowest BCUT2D eigenvalue weighted by atomic mass is 9.88. The number of aromatic nitrogens is 7. The van der Waals surface area contributed by atoms with Gasteiger partial charge in [0.25, 0.3) is 17.7 Å². The maximum absolute atomic E-state index is 14.3. The number of amides is 4. The number of thioether (sulfide) groups is 4. The largest absolute Gasteiger partial charge is 0.507 e. The molecule has 1 saturated carbocycles. The Hall–Kier alpha value is -12.2. The molecule has 11 heterocycles. The summed E-state index contributed by atoms with van der Waals surface area (Å²) in [4.78, 5) is 81.5. The molecule has 4 unspecified atom stereocenters. The fraction of sp³-hybridized carbons (Fsp3) is 0.193. The topological polar surface area (TPSA) is 278 Å². The molecule has 0 spiro atoms. The summed E-state index contributed by atoms with van der Waals surface area (Å²) < 4.78 is 89.8. The van der Waals surface area contributed by atoms with Gasteiger partial charge in [-0.15, -0.1) is 0 Å². The molecule has 0 saturated heterocycles. The van der Waals surface area contributed by atoms with Crippen LogP contribution in [0.5, 0.6) is 29.3 Å². The van der Waals surface area contributed by atoms with E-state index in [1.807, 2.05) is 92.7 Å². The summed E-state index contributed by atoms with van der Waals surface area (Å²) in [5.41, 5.74) is 6.97. The third kappa shape index (κ3) is 19.0. The number of pyridine rings is 7. The van der Waals surface area contributed by atoms with Crippen LogP contribution in [0.15, 0.2) is 234 Å². The molecule has 4 amide bonds. The lowest BCUT2D eigenvalue weighted by molar-refractivity contribution is -0.137. The van der Waals surface area contributed by atoms with Gasteiger partial charge in [0.2, 0.25) is 41.3 Å². The van der Waals surface area contributed by atoms with Crippen molar-refractivity contribution in [3.8, 4) is 29.3 Å². The molecule has 1 fully saturated rings. The standard InChI is InChI=1S/C21H22ClN3O2S.C21H17FN4O2S.C21H18N4O3S.C20H12F4N4O2S/c1-27-18-17(8-5-13-23-18)21-25(20(26)15-6-3-2-4-7-15)24-19(28-21)14-9-11-16(22)12-10-14;1-13-6-3-4-7-15(13)20(27)26-21(16-8-5-11-23-18(16)28-2)29-19(25-26)14-9-10-17(22)24-12-14;1-13-9-10-14(12-23-13)19-24-25(20(27)15-6-3-4-8-17(15)26)21(29-19)16-7-5-11-22-18(16)28-2;1-30-17-12(3-2-6-25-17)20-28(19(29)16-13(22)7-11(21)8-14(16)23)27-18(31-20)10-4-5-15(24)26-9-10/h5,8-13,15,21H,2-4,6-7H2,1H3;3-12,21H,1-2H3;3-12,21,26H,1-2H3;2-9,20H,1H3. The number of aromatic hydroxyl groups is 1. The van der Waals surface area contributed by atoms with Crippen LogP contribution in [-0.2, 0) is 4.79 Å². The van der Waals surface area contributed by atoms with Crippen molar-refractivity contribution < 1.29 is 65.2 Å². The Morgan fingerprint density at radius 3 is 1.21 bits per heavy atom. The highest BCUT2D eigenvalue weighted by atomic mass is 35.5. The summed E-state index contributed by atoms with van der Waals surface area (Å²) in [5.74, 6) is -5.40. The van der Waals surface area contributed by atoms with Gasteiger partial charge in [0, 0.05) is 122 Å². The van der Waals surface area contributed by atoms with E-state index >= 15 is 0 Å². The van der Waals surface area contributed by atoms with Crippen LogP contribution in [0.4, 0.5) is 22.0 Å². The minimum atomic E-state index is -1.36. The molecule has 4 atom stereocenters. The van der Waals surface area contributed by atoms with E-state index in [4.69, 9.17) is 35.6 Å². The lowest BCUT2D eigenvalue weighted by Gasteiger charge is -2.28. The van der Waals surface area contributed by atoms with Gasteiger partial charge in [-0.3, -0.25) is 24.2 Å². The van der Waals surface area contributed by atoms with Crippen molar-refractivity contribution in [1.29, 1.82) is 0 Å². The van der Waals surface area contributed by atoms with Crippen LogP contribution in [0.25, 0.3) is 0 Å². The van der Waals surface area contributed by atoms with E-state index in [2.05, 4.69) is 50.2 Å². The first-order valence-electron chi connectivity index (χ1n) is 35.9. The molecule has 11 aromatic rings. The van der Waals surface area contributed by atoms with Crippen molar-refractivity contribution in [3.05, 3.63) is 320 Å². The van der Waals surface area contributed by atoms with E-state index in [-0.39, 0.29) is 45.3 Å². The zero-order valence-corrected chi connectivity index (χ0v) is 67.0. The van der Waals surface area contributed by atoms with Crippen molar-refractivity contribution in [2.75, 3.05) is 28.4 Å². The number of benzene rings is 4. The zero-order chi connectivity index (χ0) is 82.4. The molecule has 16 rings (SSSR count). The van der Waals surface area contributed by atoms with E-state index in [1.165, 1.54) is 98.1 Å². The normalized spacial score (nSPS) is 16.9. The Morgan fingerprint density at radius 2 is 0.795 bits per heavy atom. The van der Waals surface area contributed by atoms with E-state index in [0.29, 0.717) is 72.7 Å². The second-order valence-electron chi connectivity index (χ2n) is 25.9. The van der Waals surface area contributed by atoms with E-state index in [1.54, 1.807) is 103 Å². The summed E-state index contributed by atoms with van der Waals surface area (Å²) >= 11 is 11.4. The number of methoxy groups -OCH3 is 4. The number of para-hydroxylation sites is 1. The van der Waals surface area contributed by atoms with Crippen molar-refractivity contribution in [3.63, 3.8) is 0 Å². The number of rotatable bonds is 16. The lowest BCUT2D eigenvalue weighted by Crippen LogP contribution is -2.33. The second-order valence-corrected chi connectivity index (χ2v) is 30.6. The minimum absolute atomic E-state index is 0.0350. The van der Waals surface area contributed by atoms with Gasteiger partial charge in [0.1, 0.15) is 70.4 Å². The van der Waals surface area contributed by atoms with Crippen LogP contribution in [0.3, 0.4) is 0 Å². The van der Waals surface area contributed by atoms with Crippen molar-refractivity contribution >= 4 is 102 Å². The van der Waals surface area contributed by atoms with Crippen LogP contribution in [0.1, 0.15) is 140 Å². The Balaban J connectivity index is 0.000000136. The molecule has 1 aliphatic carbocycles. The van der Waals surface area contributed by atoms with Gasteiger partial charge in [0.15, 0.2) is 0 Å². The number of nitrogens with zero attached hydrogens (tertiary/aromatic N) is 15. The number of carbonyl (C=O) groups is 4. The van der Waals surface area contributed by atoms with E-state index in [9.17, 15) is 46.2 Å². The highest BCUT2D eigenvalue weighted by molar-refractivity contribution is 8.15. The van der Waals surface area contributed by atoms with E-state index in [0.717, 1.165) is 87.1 Å². The number of phenolic OH excluding ortho intramolecular Hbond substituents is 1. The molecule has 117 heavy (non-hydrogen) atoms. The summed E-state index contributed by atoms with van der Waals surface area (Å²) in [6.07, 6.45) is 16.0. The van der Waals surface area contributed by atoms with Gasteiger partial charge in [0.05, 0.1) is 34.0 Å². The molecule has 24 nitrogen and oxygen atoms in total. The molecule has 34 heteroatoms. The van der Waals surface area contributed by atoms with Crippen LogP contribution >= 0.6 is 58.6 Å². The number of phenols is 1. The SMILES string of the molecule is COc1ncccc1C1SC(c2ccc(C)nc2)=NN1C(=O)c1ccccc1O.COc1ncccc1C1SC(c2ccc(Cl)cc2)=NN1C(=O)C1CCCCC1.COc1ncccc1C1SC(c2ccc(F)nc2)=NN1C(=O)c1c(F)cc(F)cc1F.COc1ncccc1C1SC(c2ccc(F)nc2)=NN1C(=O)c1ccccc1C. The highest BCUT2D eigenvalue weighted by Crippen LogP contribution is 2.50. The highest BCUT2D eigenvalue weighted by Gasteiger charge is 2.43. The molecule has 4 aromatic carbocycles. The first-order valence-corrected chi connectivity index (χ1v) is 39.8. The summed E-state index contributed by atoms with van der Waals surface area (Å²) in [5, 5.41) is 34.2. The summed E-state index contributed by atoms with van der Waals surface area (Å²) in [6.45, 7) is 3.79. The average Bonchev–Trinajstić information content (AvgIpc) is 1.70. The van der Waals surface area contributed by atoms with Crippen LogP contribution in [-0.4, -0.2) is 132 Å². The first-order chi connectivity index (χ1) is 56.7. The molecule has 596 valence electrons. The Labute approximate surface area is 689 Å². The molecular formula is C83H69ClF5N15O9S4. The molecule has 4 aliphatic heterocycles. The van der Waals surface area contributed by atoms with Gasteiger partial charge in [-0.25, -0.2) is 63.1 Å². The maximum Gasteiger partial charge on any atom is 0.281 e. The first kappa shape index (κ1) is 82.8. The van der Waals surface area contributed by atoms with Crippen LogP contribution in [0, 0.1) is 49.1 Å². The van der Waals surface area contributed by atoms with Crippen molar-refractivity contribution in [2.24, 2.45) is 26.3 Å². The summed E-state index contributed by atoms with van der Waals surface area (Å²) in [7, 11) is 6.04. The number of ether oxygens (including phenoxy) is 4. The van der Waals surface area contributed by atoms with Gasteiger partial charge >= 0.3 is 0 Å². The van der Waals surface area contributed by atoms with Crippen LogP contribution in [0.2, 0.25) is 5.02 Å². The number of halogens is 6. The smallest absolute Gasteiger partial charge is 0.281 e. The number of hydrazone groups is 4. The van der Waals surface area contributed by atoms with Crippen molar-refractivity contribution in [2.45, 2.75) is 67.4 Å². The number of hydrogen-bond donors (Lipinski definition) is 1. The number of aryl methyl sites for hydroxylation is 2. The maximum atomic E-state index is 14.3. The third-order valence-corrected chi connectivity index (χ3v) is 23.5. The van der Waals surface area contributed by atoms with Crippen molar-refractivity contribution in [1.82, 2.24) is 54.9 Å². The number of carbonyl (C=O) groups excluding carboxylic acids is 4. The fourth-order valence-electron chi connectivity index (χ4n) is 12.6. The molecule has 7 aromatic heterocycles. The average molecular weight is 1680 g/mol. The molecule has 5 aliphatic rings. The zero-order valence-electron chi connectivity index (χ0n) is 63.0. The second kappa shape index (κ2) is 38.1. The van der Waals surface area contributed by atoms with Gasteiger partial charge in [-0.05, 0) is 148 Å². The fourth-order valence-corrected chi connectivity index (χ4v) is 17.3. The Bertz CT molecular complexity index is 5420. The molecule has 0 bridgehead atoms. The molecular weight excluding hydrogens is 1610 g/mol. The summed E-state index contributed by atoms with van der Waals surface area (Å²) in [6, 6.07) is 45.6. The Kier molecular flexibility index (Phi) is 26.9. The quantitative estimate of drug-likeness (QED) is 0.0695. The monoisotopic (exact) mass is 1680 g/mol. The number of hydrogen-bond acceptors (Lipinski definition) is 24. The predicted molar refractivity (Wildman–Crippen MR) is 437 cm³/mol. The van der Waals surface area contributed by atoms with Gasteiger partial charge < -0.3 is 24.1 Å². The predicted octanol–water partition coefficient (Wildman–Crippen LogP) is 17.5. The minimum Gasteiger partial charge on any atom is -0.507 e. The molecule has 0 radical (unpaired) electrons. The Morgan fingerprint density at radius 1 is 0.419 bits per heavy atom.